The maximum atomic E-state index is 13.0. The van der Waals surface area contributed by atoms with Crippen LogP contribution in [0.3, 0.4) is 0 Å². The SMILES string of the molecule is Cn1nccc1C(=O)Nc1cnn(COc2ccc(F)cc2Cl)c1. The molecule has 0 saturated heterocycles. The molecule has 3 aromatic rings. The maximum Gasteiger partial charge on any atom is 0.274 e. The van der Waals surface area contributed by atoms with E-state index in [9.17, 15) is 9.18 Å². The molecule has 0 unspecified atom stereocenters. The third-order valence-electron chi connectivity index (χ3n) is 3.19. The summed E-state index contributed by atoms with van der Waals surface area (Å²) in [5.41, 5.74) is 0.937. The second-order valence-electron chi connectivity index (χ2n) is 4.91. The van der Waals surface area contributed by atoms with Crippen LogP contribution in [0.2, 0.25) is 5.02 Å². The van der Waals surface area contributed by atoms with Crippen LogP contribution >= 0.6 is 11.6 Å². The van der Waals surface area contributed by atoms with Crippen LogP contribution < -0.4 is 10.1 Å². The number of ether oxygens (including phenoxy) is 1. The fraction of sp³-hybridized carbons (Fsp3) is 0.133. The number of anilines is 1. The van der Waals surface area contributed by atoms with Gasteiger partial charge in [0.05, 0.1) is 23.1 Å². The molecule has 7 nitrogen and oxygen atoms in total. The molecule has 0 aliphatic carbocycles. The summed E-state index contributed by atoms with van der Waals surface area (Å²) >= 11 is 5.88. The average Bonchev–Trinajstić information content (AvgIpc) is 3.15. The van der Waals surface area contributed by atoms with Gasteiger partial charge in [-0.2, -0.15) is 10.2 Å². The smallest absolute Gasteiger partial charge is 0.274 e. The number of halogens is 2. The molecule has 1 aromatic carbocycles. The number of hydrogen-bond donors (Lipinski definition) is 1. The summed E-state index contributed by atoms with van der Waals surface area (Å²) in [4.78, 5) is 12.1. The number of hydrogen-bond acceptors (Lipinski definition) is 4. The fourth-order valence-corrected chi connectivity index (χ4v) is 2.24. The fourth-order valence-electron chi connectivity index (χ4n) is 2.02. The molecule has 24 heavy (non-hydrogen) atoms. The highest BCUT2D eigenvalue weighted by atomic mass is 35.5. The first kappa shape index (κ1) is 16.0. The Morgan fingerprint density at radius 1 is 1.38 bits per heavy atom. The number of aryl methyl sites for hydroxylation is 1. The molecule has 0 saturated carbocycles. The van der Waals surface area contributed by atoms with E-state index in [1.165, 1.54) is 33.8 Å². The van der Waals surface area contributed by atoms with Crippen molar-refractivity contribution in [3.63, 3.8) is 0 Å². The van der Waals surface area contributed by atoms with Crippen LogP contribution in [0, 0.1) is 5.82 Å². The van der Waals surface area contributed by atoms with E-state index in [2.05, 4.69) is 15.5 Å². The number of amides is 1. The van der Waals surface area contributed by atoms with Gasteiger partial charge in [0.25, 0.3) is 5.91 Å². The van der Waals surface area contributed by atoms with Crippen molar-refractivity contribution in [2.45, 2.75) is 6.73 Å². The lowest BCUT2D eigenvalue weighted by Crippen LogP contribution is -2.15. The van der Waals surface area contributed by atoms with E-state index >= 15 is 0 Å². The maximum absolute atomic E-state index is 13.0. The Balaban J connectivity index is 1.61. The minimum Gasteiger partial charge on any atom is -0.470 e. The molecular weight excluding hydrogens is 337 g/mol. The van der Waals surface area contributed by atoms with Crippen LogP contribution in [-0.4, -0.2) is 25.5 Å². The molecule has 2 aromatic heterocycles. The van der Waals surface area contributed by atoms with Gasteiger partial charge < -0.3 is 10.1 Å². The van der Waals surface area contributed by atoms with Crippen molar-refractivity contribution in [2.24, 2.45) is 7.05 Å². The van der Waals surface area contributed by atoms with Crippen LogP contribution in [-0.2, 0) is 13.8 Å². The minimum atomic E-state index is -0.438. The minimum absolute atomic E-state index is 0.0624. The zero-order chi connectivity index (χ0) is 17.1. The molecule has 0 radical (unpaired) electrons. The summed E-state index contributed by atoms with van der Waals surface area (Å²) in [6.45, 7) is 0.0624. The van der Waals surface area contributed by atoms with Crippen molar-refractivity contribution in [1.29, 1.82) is 0 Å². The van der Waals surface area contributed by atoms with Gasteiger partial charge in [-0.3, -0.25) is 9.48 Å². The molecular formula is C15H13ClFN5O2. The second kappa shape index (κ2) is 6.71. The van der Waals surface area contributed by atoms with Crippen LogP contribution in [0.5, 0.6) is 5.75 Å². The summed E-state index contributed by atoms with van der Waals surface area (Å²) in [5.74, 6) is -0.391. The summed E-state index contributed by atoms with van der Waals surface area (Å²) < 4.78 is 21.4. The number of carbonyl (C=O) groups is 1. The van der Waals surface area contributed by atoms with Crippen LogP contribution in [0.4, 0.5) is 10.1 Å². The normalized spacial score (nSPS) is 10.6. The van der Waals surface area contributed by atoms with Crippen molar-refractivity contribution in [1.82, 2.24) is 19.6 Å². The lowest BCUT2D eigenvalue weighted by atomic mass is 10.3. The number of rotatable bonds is 5. The molecule has 1 N–H and O–H groups in total. The van der Waals surface area contributed by atoms with Gasteiger partial charge in [0.15, 0.2) is 6.73 Å². The zero-order valence-corrected chi connectivity index (χ0v) is 13.4. The molecule has 0 fully saturated rings. The second-order valence-corrected chi connectivity index (χ2v) is 5.32. The Morgan fingerprint density at radius 2 is 2.21 bits per heavy atom. The summed E-state index contributed by atoms with van der Waals surface area (Å²) in [7, 11) is 1.68. The van der Waals surface area contributed by atoms with Crippen molar-refractivity contribution in [3.8, 4) is 5.75 Å². The third kappa shape index (κ3) is 3.54. The summed E-state index contributed by atoms with van der Waals surface area (Å²) in [6.07, 6.45) is 4.63. The van der Waals surface area contributed by atoms with E-state index in [0.29, 0.717) is 17.1 Å². The zero-order valence-electron chi connectivity index (χ0n) is 12.6. The van der Waals surface area contributed by atoms with Crippen molar-refractivity contribution in [2.75, 3.05) is 5.32 Å². The van der Waals surface area contributed by atoms with Crippen molar-refractivity contribution < 1.29 is 13.9 Å². The lowest BCUT2D eigenvalue weighted by molar-refractivity contribution is 0.101. The van der Waals surface area contributed by atoms with E-state index in [1.807, 2.05) is 0 Å². The van der Waals surface area contributed by atoms with Gasteiger partial charge >= 0.3 is 0 Å². The highest BCUT2D eigenvalue weighted by molar-refractivity contribution is 6.32. The Kier molecular flexibility index (Phi) is 4.48. The predicted molar refractivity (Wildman–Crippen MR) is 85.4 cm³/mol. The molecule has 0 aliphatic rings. The van der Waals surface area contributed by atoms with Crippen molar-refractivity contribution in [3.05, 3.63) is 59.4 Å². The molecule has 124 valence electrons. The van der Waals surface area contributed by atoms with Crippen LogP contribution in [0.1, 0.15) is 10.5 Å². The topological polar surface area (TPSA) is 74.0 Å². The van der Waals surface area contributed by atoms with Crippen molar-refractivity contribution >= 4 is 23.2 Å². The summed E-state index contributed by atoms with van der Waals surface area (Å²) in [5, 5.41) is 10.9. The Hall–Kier alpha value is -2.87. The molecule has 2 heterocycles. The van der Waals surface area contributed by atoms with Gasteiger partial charge in [-0.15, -0.1) is 0 Å². The molecule has 0 spiro atoms. The van der Waals surface area contributed by atoms with Gasteiger partial charge in [0, 0.05) is 13.2 Å². The molecule has 0 bridgehead atoms. The number of benzene rings is 1. The van der Waals surface area contributed by atoms with E-state index < -0.39 is 5.82 Å². The summed E-state index contributed by atoms with van der Waals surface area (Å²) in [6, 6.07) is 5.47. The molecule has 3 rings (SSSR count). The lowest BCUT2D eigenvalue weighted by Gasteiger charge is -2.07. The molecule has 9 heteroatoms. The van der Waals surface area contributed by atoms with Gasteiger partial charge in [0.2, 0.25) is 0 Å². The Morgan fingerprint density at radius 3 is 2.92 bits per heavy atom. The van der Waals surface area contributed by atoms with Gasteiger partial charge in [-0.25, -0.2) is 9.07 Å². The van der Waals surface area contributed by atoms with Gasteiger partial charge in [-0.05, 0) is 24.3 Å². The first-order valence-electron chi connectivity index (χ1n) is 6.92. The first-order valence-corrected chi connectivity index (χ1v) is 7.30. The molecule has 0 aliphatic heterocycles. The Labute approximate surface area is 141 Å². The van der Waals surface area contributed by atoms with E-state index in [-0.39, 0.29) is 17.7 Å². The number of aromatic nitrogens is 4. The first-order chi connectivity index (χ1) is 11.5. The van der Waals surface area contributed by atoms with E-state index in [0.717, 1.165) is 0 Å². The monoisotopic (exact) mass is 349 g/mol. The van der Waals surface area contributed by atoms with Gasteiger partial charge in [0.1, 0.15) is 17.3 Å². The highest BCUT2D eigenvalue weighted by Crippen LogP contribution is 2.25. The average molecular weight is 350 g/mol. The standard InChI is InChI=1S/C15H13ClFN5O2/c1-21-13(4-5-18-21)15(23)20-11-7-19-22(8-11)9-24-14-3-2-10(17)6-12(14)16/h2-8H,9H2,1H3,(H,20,23). The molecule has 0 atom stereocenters. The van der Waals surface area contributed by atoms with Crippen LogP contribution in [0.15, 0.2) is 42.9 Å². The number of nitrogens with zero attached hydrogens (tertiary/aromatic N) is 4. The quantitative estimate of drug-likeness (QED) is 0.768. The number of nitrogens with one attached hydrogen (secondary N) is 1. The Bertz CT molecular complexity index is 876. The van der Waals surface area contributed by atoms with E-state index in [4.69, 9.17) is 16.3 Å². The largest absolute Gasteiger partial charge is 0.470 e. The molecule has 1 amide bonds. The van der Waals surface area contributed by atoms with Crippen LogP contribution in [0.25, 0.3) is 0 Å². The highest BCUT2D eigenvalue weighted by Gasteiger charge is 2.11. The van der Waals surface area contributed by atoms with Gasteiger partial charge in [-0.1, -0.05) is 11.6 Å². The van der Waals surface area contributed by atoms with E-state index in [1.54, 1.807) is 25.5 Å². The third-order valence-corrected chi connectivity index (χ3v) is 3.49. The predicted octanol–water partition coefficient (Wildman–Crippen LogP) is 2.70. The number of carbonyl (C=O) groups excluding carboxylic acids is 1.